The Labute approximate surface area is 257 Å². The van der Waals surface area contributed by atoms with E-state index in [0.29, 0.717) is 12.8 Å². The van der Waals surface area contributed by atoms with E-state index in [4.69, 9.17) is 0 Å². The number of carbonyl (C=O) groups excluding carboxylic acids is 2. The Bertz CT molecular complexity index is 520. The zero-order chi connectivity index (χ0) is 30.3. The number of hydrogen-bond acceptors (Lipinski definition) is 3. The monoisotopic (exact) mass is 579 g/mol. The summed E-state index contributed by atoms with van der Waals surface area (Å²) in [7, 11) is 0. The highest BCUT2D eigenvalue weighted by Crippen LogP contribution is 2.19. The molecule has 0 spiro atoms. The van der Waals surface area contributed by atoms with E-state index in [-0.39, 0.29) is 11.6 Å². The Morgan fingerprint density at radius 3 is 0.732 bits per heavy atom. The van der Waals surface area contributed by atoms with E-state index in [1.807, 2.05) is 0 Å². The Morgan fingerprint density at radius 2 is 0.537 bits per heavy atom. The Morgan fingerprint density at radius 1 is 0.366 bits per heavy atom. The van der Waals surface area contributed by atoms with Gasteiger partial charge in [-0.3, -0.25) is 9.59 Å². The molecule has 0 aliphatic heterocycles. The minimum absolute atomic E-state index is 0.279. The molecule has 0 amide bonds. The predicted molar refractivity (Wildman–Crippen MR) is 180 cm³/mol. The molecule has 3 heteroatoms. The molecule has 244 valence electrons. The van der Waals surface area contributed by atoms with Gasteiger partial charge in [0.15, 0.2) is 17.2 Å². The minimum Gasteiger partial charge on any atom is -0.375 e. The Balaban J connectivity index is 3.55. The van der Waals surface area contributed by atoms with Crippen molar-refractivity contribution < 1.29 is 14.7 Å². The third-order valence-corrected chi connectivity index (χ3v) is 9.10. The van der Waals surface area contributed by atoms with Crippen LogP contribution in [0.15, 0.2) is 0 Å². The van der Waals surface area contributed by atoms with Crippen molar-refractivity contribution in [3.05, 3.63) is 0 Å². The van der Waals surface area contributed by atoms with Gasteiger partial charge in [-0.25, -0.2) is 0 Å². The van der Waals surface area contributed by atoms with Crippen molar-refractivity contribution in [3.8, 4) is 0 Å². The summed E-state index contributed by atoms with van der Waals surface area (Å²) in [6.45, 7) is 5.97. The molecule has 0 bridgehead atoms. The number of unbranched alkanes of at least 4 members (excludes halogenated alkanes) is 28. The van der Waals surface area contributed by atoms with Crippen molar-refractivity contribution >= 4 is 11.6 Å². The van der Waals surface area contributed by atoms with Gasteiger partial charge in [0.05, 0.1) is 0 Å². The second-order valence-corrected chi connectivity index (χ2v) is 13.3. The van der Waals surface area contributed by atoms with E-state index < -0.39 is 5.60 Å². The van der Waals surface area contributed by atoms with Crippen LogP contribution < -0.4 is 0 Å². The molecule has 0 saturated carbocycles. The van der Waals surface area contributed by atoms with E-state index in [1.54, 1.807) is 0 Å². The van der Waals surface area contributed by atoms with Crippen LogP contribution in [-0.2, 0) is 9.59 Å². The van der Waals surface area contributed by atoms with Crippen LogP contribution in [0.5, 0.6) is 0 Å². The summed E-state index contributed by atoms with van der Waals surface area (Å²) >= 11 is 0. The summed E-state index contributed by atoms with van der Waals surface area (Å²) in [6, 6.07) is 0. The highest BCUT2D eigenvalue weighted by molar-refractivity contribution is 6.09. The summed E-state index contributed by atoms with van der Waals surface area (Å²) < 4.78 is 0. The lowest BCUT2D eigenvalue weighted by atomic mass is 9.89. The zero-order valence-electron chi connectivity index (χ0n) is 28.4. The zero-order valence-corrected chi connectivity index (χ0v) is 28.4. The van der Waals surface area contributed by atoms with Gasteiger partial charge in [-0.15, -0.1) is 0 Å². The van der Waals surface area contributed by atoms with Crippen molar-refractivity contribution in [1.29, 1.82) is 0 Å². The molecule has 0 aromatic rings. The van der Waals surface area contributed by atoms with E-state index in [1.165, 1.54) is 161 Å². The number of rotatable bonds is 34. The van der Waals surface area contributed by atoms with E-state index in [9.17, 15) is 14.7 Å². The van der Waals surface area contributed by atoms with Gasteiger partial charge in [-0.2, -0.15) is 0 Å². The van der Waals surface area contributed by atoms with E-state index in [2.05, 4.69) is 13.8 Å². The van der Waals surface area contributed by atoms with E-state index in [0.717, 1.165) is 38.5 Å². The van der Waals surface area contributed by atoms with Crippen molar-refractivity contribution in [3.63, 3.8) is 0 Å². The lowest BCUT2D eigenvalue weighted by Gasteiger charge is -2.20. The molecule has 3 nitrogen and oxygen atoms in total. The Kier molecular flexibility index (Phi) is 30.2. The summed E-state index contributed by atoms with van der Waals surface area (Å²) in [5.74, 6) is -0.559. The minimum atomic E-state index is -1.79. The lowest BCUT2D eigenvalue weighted by molar-refractivity contribution is -0.149. The van der Waals surface area contributed by atoms with Gasteiger partial charge in [-0.05, 0) is 19.8 Å². The van der Waals surface area contributed by atoms with Gasteiger partial charge in [0, 0.05) is 12.8 Å². The molecule has 0 atom stereocenters. The first kappa shape index (κ1) is 40.3. The van der Waals surface area contributed by atoms with Gasteiger partial charge in [0.2, 0.25) is 0 Å². The van der Waals surface area contributed by atoms with Crippen molar-refractivity contribution in [2.75, 3.05) is 0 Å². The normalized spacial score (nSPS) is 11.8. The maximum atomic E-state index is 12.5. The Hall–Kier alpha value is -0.700. The highest BCUT2D eigenvalue weighted by Gasteiger charge is 2.36. The fourth-order valence-electron chi connectivity index (χ4n) is 5.96. The average Bonchev–Trinajstić information content (AvgIpc) is 2.96. The predicted octanol–water partition coefficient (Wildman–Crippen LogP) is 12.4. The van der Waals surface area contributed by atoms with Gasteiger partial charge in [-0.1, -0.05) is 194 Å². The fraction of sp³-hybridized carbons (Fsp3) is 0.947. The topological polar surface area (TPSA) is 54.4 Å². The van der Waals surface area contributed by atoms with Crippen molar-refractivity contribution in [2.45, 2.75) is 232 Å². The highest BCUT2D eigenvalue weighted by atomic mass is 16.3. The average molecular weight is 579 g/mol. The molecule has 0 aromatic heterocycles. The molecule has 0 unspecified atom stereocenters. The molecule has 41 heavy (non-hydrogen) atoms. The first-order valence-electron chi connectivity index (χ1n) is 18.8. The van der Waals surface area contributed by atoms with Crippen molar-refractivity contribution in [2.24, 2.45) is 0 Å². The van der Waals surface area contributed by atoms with Crippen LogP contribution in [0.3, 0.4) is 0 Å². The number of hydrogen-bond donors (Lipinski definition) is 1. The number of Topliss-reactive ketones (excluding diaryl/α,β-unsaturated/α-hetero) is 2. The summed E-state index contributed by atoms with van der Waals surface area (Å²) in [5.41, 5.74) is -1.79. The molecule has 1 N–H and O–H groups in total. The van der Waals surface area contributed by atoms with Crippen LogP contribution in [0.25, 0.3) is 0 Å². The van der Waals surface area contributed by atoms with Crippen LogP contribution >= 0.6 is 0 Å². The second kappa shape index (κ2) is 30.7. The van der Waals surface area contributed by atoms with Crippen LogP contribution in [0.1, 0.15) is 226 Å². The van der Waals surface area contributed by atoms with Crippen LogP contribution in [0.4, 0.5) is 0 Å². The molecule has 0 aliphatic carbocycles. The maximum Gasteiger partial charge on any atom is 0.178 e. The molecular formula is C38H74O3. The standard InChI is InChI=1S/C38H74O3/c1-4-6-8-10-12-14-16-18-20-22-24-26-28-30-32-34-36(39)38(3,41)37(40)35-33-31-29-27-25-23-21-19-17-15-13-11-9-7-5-2/h41H,4-35H2,1-3H3. The molecule has 0 saturated heterocycles. The molecule has 0 rings (SSSR count). The smallest absolute Gasteiger partial charge is 0.178 e. The van der Waals surface area contributed by atoms with Gasteiger partial charge >= 0.3 is 0 Å². The largest absolute Gasteiger partial charge is 0.375 e. The molecular weight excluding hydrogens is 504 g/mol. The lowest BCUT2D eigenvalue weighted by Crippen LogP contribution is -2.43. The number of aliphatic hydroxyl groups is 1. The van der Waals surface area contributed by atoms with Gasteiger partial charge in [0.1, 0.15) is 0 Å². The summed E-state index contributed by atoms with van der Waals surface area (Å²) in [4.78, 5) is 25.1. The molecule has 0 radical (unpaired) electrons. The first-order chi connectivity index (χ1) is 20.0. The molecule has 0 aliphatic rings. The van der Waals surface area contributed by atoms with Crippen molar-refractivity contribution in [1.82, 2.24) is 0 Å². The number of ketones is 2. The summed E-state index contributed by atoms with van der Waals surface area (Å²) in [6.07, 6.45) is 39.3. The van der Waals surface area contributed by atoms with Gasteiger partial charge in [0.25, 0.3) is 0 Å². The molecule has 0 heterocycles. The third kappa shape index (κ3) is 26.6. The van der Waals surface area contributed by atoms with Gasteiger partial charge < -0.3 is 5.11 Å². The number of carbonyl (C=O) groups is 2. The van der Waals surface area contributed by atoms with E-state index >= 15 is 0 Å². The van der Waals surface area contributed by atoms with Crippen LogP contribution in [0.2, 0.25) is 0 Å². The molecule has 0 fully saturated rings. The second-order valence-electron chi connectivity index (χ2n) is 13.3. The SMILES string of the molecule is CCCCCCCCCCCCCCCCCC(=O)C(C)(O)C(=O)CCCCCCCCCCCCCCCCC. The quantitative estimate of drug-likeness (QED) is 0.0610. The van der Waals surface area contributed by atoms with Crippen LogP contribution in [-0.4, -0.2) is 22.3 Å². The molecule has 0 aromatic carbocycles. The fourth-order valence-corrected chi connectivity index (χ4v) is 5.96. The third-order valence-electron chi connectivity index (χ3n) is 9.10. The summed E-state index contributed by atoms with van der Waals surface area (Å²) in [5, 5.41) is 10.6. The first-order valence-corrected chi connectivity index (χ1v) is 18.8. The van der Waals surface area contributed by atoms with Crippen LogP contribution in [0, 0.1) is 0 Å². The maximum absolute atomic E-state index is 12.5.